The van der Waals surface area contributed by atoms with Gasteiger partial charge in [-0.3, -0.25) is 9.48 Å². The first-order valence-corrected chi connectivity index (χ1v) is 7.86. The molecule has 1 aromatic heterocycles. The zero-order valence-corrected chi connectivity index (χ0v) is 12.0. The molecule has 0 atom stereocenters. The van der Waals surface area contributed by atoms with Crippen molar-refractivity contribution < 1.29 is 9.90 Å². The molecule has 4 fully saturated rings. The summed E-state index contributed by atoms with van der Waals surface area (Å²) in [6.07, 6.45) is 9.03. The maximum absolute atomic E-state index is 10.9. The predicted octanol–water partition coefficient (Wildman–Crippen LogP) is 2.82. The molecule has 0 saturated heterocycles. The van der Waals surface area contributed by atoms with Crippen molar-refractivity contribution in [3.05, 3.63) is 17.5 Å². The topological polar surface area (TPSA) is 55.1 Å². The van der Waals surface area contributed by atoms with E-state index < -0.39 is 5.97 Å². The van der Waals surface area contributed by atoms with Gasteiger partial charge in [-0.2, -0.15) is 5.10 Å². The van der Waals surface area contributed by atoms with Crippen LogP contribution in [0.15, 0.2) is 6.20 Å². The zero-order chi connectivity index (χ0) is 13.9. The summed E-state index contributed by atoms with van der Waals surface area (Å²) >= 11 is 0. The van der Waals surface area contributed by atoms with Gasteiger partial charge in [-0.1, -0.05) is 0 Å². The SMILES string of the molecule is Cc1nn(C2C3CC4CC(C3)CC2C4)cc1CC(=O)O. The Morgan fingerprint density at radius 1 is 1.25 bits per heavy atom. The molecule has 1 N–H and O–H groups in total. The van der Waals surface area contributed by atoms with E-state index in [1.165, 1.54) is 32.1 Å². The molecule has 4 aliphatic rings. The van der Waals surface area contributed by atoms with E-state index in [0.29, 0.717) is 6.04 Å². The van der Waals surface area contributed by atoms with Gasteiger partial charge in [0.05, 0.1) is 18.2 Å². The van der Waals surface area contributed by atoms with Crippen LogP contribution in [0.25, 0.3) is 0 Å². The molecule has 0 radical (unpaired) electrons. The van der Waals surface area contributed by atoms with Crippen LogP contribution in [-0.2, 0) is 11.2 Å². The summed E-state index contributed by atoms with van der Waals surface area (Å²) in [5.74, 6) is 2.72. The summed E-state index contributed by atoms with van der Waals surface area (Å²) in [5.41, 5.74) is 1.77. The van der Waals surface area contributed by atoms with Crippen molar-refractivity contribution in [2.24, 2.45) is 23.7 Å². The van der Waals surface area contributed by atoms with E-state index in [9.17, 15) is 4.79 Å². The van der Waals surface area contributed by atoms with Gasteiger partial charge in [0, 0.05) is 11.8 Å². The van der Waals surface area contributed by atoms with E-state index in [1.54, 1.807) is 0 Å². The third-order valence-electron chi connectivity index (χ3n) is 5.84. The van der Waals surface area contributed by atoms with Gasteiger partial charge < -0.3 is 5.11 Å². The third-order valence-corrected chi connectivity index (χ3v) is 5.84. The summed E-state index contributed by atoms with van der Waals surface area (Å²) in [6.45, 7) is 1.94. The third kappa shape index (κ3) is 1.88. The van der Waals surface area contributed by atoms with Gasteiger partial charge in [-0.15, -0.1) is 0 Å². The van der Waals surface area contributed by atoms with Gasteiger partial charge in [0.1, 0.15) is 0 Å². The number of carbonyl (C=O) groups is 1. The number of rotatable bonds is 3. The van der Waals surface area contributed by atoms with E-state index in [-0.39, 0.29) is 6.42 Å². The van der Waals surface area contributed by atoms with E-state index in [0.717, 1.165) is 34.9 Å². The van der Waals surface area contributed by atoms with Crippen molar-refractivity contribution >= 4 is 5.97 Å². The molecule has 108 valence electrons. The Morgan fingerprint density at radius 3 is 2.40 bits per heavy atom. The van der Waals surface area contributed by atoms with Crippen LogP contribution < -0.4 is 0 Å². The Morgan fingerprint density at radius 2 is 1.85 bits per heavy atom. The van der Waals surface area contributed by atoms with Crippen LogP contribution in [0.1, 0.15) is 49.4 Å². The van der Waals surface area contributed by atoms with Crippen LogP contribution in [0, 0.1) is 30.6 Å². The Hall–Kier alpha value is -1.32. The van der Waals surface area contributed by atoms with Crippen molar-refractivity contribution in [2.75, 3.05) is 0 Å². The van der Waals surface area contributed by atoms with Crippen LogP contribution in [0.2, 0.25) is 0 Å². The quantitative estimate of drug-likeness (QED) is 0.922. The summed E-state index contributed by atoms with van der Waals surface area (Å²) in [6, 6.07) is 0.532. The zero-order valence-electron chi connectivity index (χ0n) is 12.0. The van der Waals surface area contributed by atoms with Gasteiger partial charge in [0.2, 0.25) is 0 Å². The highest BCUT2D eigenvalue weighted by Crippen LogP contribution is 2.58. The number of hydrogen-bond acceptors (Lipinski definition) is 2. The second-order valence-corrected chi connectivity index (χ2v) is 7.21. The highest BCUT2D eigenvalue weighted by molar-refractivity contribution is 5.70. The predicted molar refractivity (Wildman–Crippen MR) is 74.4 cm³/mol. The van der Waals surface area contributed by atoms with Crippen LogP contribution in [0.4, 0.5) is 0 Å². The minimum Gasteiger partial charge on any atom is -0.481 e. The summed E-state index contributed by atoms with van der Waals surface area (Å²) in [4.78, 5) is 10.9. The average molecular weight is 274 g/mol. The summed E-state index contributed by atoms with van der Waals surface area (Å²) in [5, 5.41) is 13.6. The Kier molecular flexibility index (Phi) is 2.69. The molecule has 5 rings (SSSR count). The second-order valence-electron chi connectivity index (χ2n) is 7.21. The monoisotopic (exact) mass is 274 g/mol. The number of carboxylic acids is 1. The van der Waals surface area contributed by atoms with E-state index in [1.807, 2.05) is 13.1 Å². The van der Waals surface area contributed by atoms with Gasteiger partial charge in [0.25, 0.3) is 0 Å². The largest absolute Gasteiger partial charge is 0.481 e. The molecule has 0 aliphatic heterocycles. The Bertz CT molecular complexity index is 521. The molecule has 4 bridgehead atoms. The first-order chi connectivity index (χ1) is 9.60. The van der Waals surface area contributed by atoms with Crippen molar-refractivity contribution in [1.29, 1.82) is 0 Å². The summed E-state index contributed by atoms with van der Waals surface area (Å²) < 4.78 is 2.13. The highest BCUT2D eigenvalue weighted by atomic mass is 16.4. The molecule has 1 aromatic rings. The molecule has 4 aliphatic carbocycles. The number of hydrogen-bond donors (Lipinski definition) is 1. The first kappa shape index (κ1) is 12.4. The van der Waals surface area contributed by atoms with Gasteiger partial charge in [-0.05, 0) is 62.7 Å². The maximum atomic E-state index is 10.9. The van der Waals surface area contributed by atoms with Gasteiger partial charge >= 0.3 is 5.97 Å². The van der Waals surface area contributed by atoms with E-state index >= 15 is 0 Å². The summed E-state index contributed by atoms with van der Waals surface area (Å²) in [7, 11) is 0. The second kappa shape index (κ2) is 4.34. The number of aliphatic carboxylic acids is 1. The standard InChI is InChI=1S/C16H22N2O2/c1-9-14(7-15(19)20)8-18(17-9)16-12-3-10-2-11(5-12)6-13(16)4-10/h8,10-13,16H,2-7H2,1H3,(H,19,20). The molecule has 20 heavy (non-hydrogen) atoms. The molecule has 0 unspecified atom stereocenters. The molecular weight excluding hydrogens is 252 g/mol. The van der Waals surface area contributed by atoms with Crippen LogP contribution >= 0.6 is 0 Å². The van der Waals surface area contributed by atoms with Crippen molar-refractivity contribution in [3.8, 4) is 0 Å². The lowest BCUT2D eigenvalue weighted by molar-refractivity contribution is -0.136. The Labute approximate surface area is 119 Å². The number of aromatic nitrogens is 2. The molecule has 0 amide bonds. The highest BCUT2D eigenvalue weighted by Gasteiger charge is 2.49. The number of carboxylic acid groups (broad SMARTS) is 1. The Balaban J connectivity index is 1.63. The molecule has 0 spiro atoms. The van der Waals surface area contributed by atoms with Crippen molar-refractivity contribution in [3.63, 3.8) is 0 Å². The van der Waals surface area contributed by atoms with E-state index in [2.05, 4.69) is 9.78 Å². The molecule has 4 heteroatoms. The van der Waals surface area contributed by atoms with Gasteiger partial charge in [0.15, 0.2) is 0 Å². The fourth-order valence-corrected chi connectivity index (χ4v) is 5.34. The number of nitrogens with zero attached hydrogens (tertiary/aromatic N) is 2. The lowest BCUT2D eigenvalue weighted by Gasteiger charge is -2.54. The smallest absolute Gasteiger partial charge is 0.307 e. The van der Waals surface area contributed by atoms with Crippen LogP contribution in [-0.4, -0.2) is 20.9 Å². The molecule has 4 saturated carbocycles. The molecule has 4 nitrogen and oxygen atoms in total. The lowest BCUT2D eigenvalue weighted by Crippen LogP contribution is -2.46. The van der Waals surface area contributed by atoms with E-state index in [4.69, 9.17) is 5.11 Å². The minimum absolute atomic E-state index is 0.0964. The minimum atomic E-state index is -0.766. The van der Waals surface area contributed by atoms with Crippen LogP contribution in [0.3, 0.4) is 0 Å². The first-order valence-electron chi connectivity index (χ1n) is 7.86. The molecule has 0 aromatic carbocycles. The maximum Gasteiger partial charge on any atom is 0.307 e. The molecular formula is C16H22N2O2. The van der Waals surface area contributed by atoms with Crippen LogP contribution in [0.5, 0.6) is 0 Å². The fourth-order valence-electron chi connectivity index (χ4n) is 5.34. The van der Waals surface area contributed by atoms with Crippen molar-refractivity contribution in [2.45, 2.75) is 51.5 Å². The normalized spacial score (nSPS) is 38.4. The number of aryl methyl sites for hydroxylation is 1. The molecule has 1 heterocycles. The van der Waals surface area contributed by atoms with Gasteiger partial charge in [-0.25, -0.2) is 0 Å². The lowest BCUT2D eigenvalue weighted by atomic mass is 9.54. The fraction of sp³-hybridized carbons (Fsp3) is 0.750. The van der Waals surface area contributed by atoms with Crippen molar-refractivity contribution in [1.82, 2.24) is 9.78 Å². The average Bonchev–Trinajstić information content (AvgIpc) is 2.68.